The molecule has 2 N–H and O–H groups in total. The molecule has 1 rings (SSSR count). The van der Waals surface area contributed by atoms with Gasteiger partial charge in [0.1, 0.15) is 0 Å². The number of nitrogens with zero attached hydrogens (tertiary/aromatic N) is 3. The van der Waals surface area contributed by atoms with E-state index < -0.39 is 0 Å². The Morgan fingerprint density at radius 1 is 1.35 bits per heavy atom. The summed E-state index contributed by atoms with van der Waals surface area (Å²) in [5.74, 6) is 2.15. The summed E-state index contributed by atoms with van der Waals surface area (Å²) in [4.78, 5) is 21.5. The second-order valence-electron chi connectivity index (χ2n) is 9.01. The summed E-state index contributed by atoms with van der Waals surface area (Å²) >= 11 is 0. The van der Waals surface area contributed by atoms with Crippen LogP contribution in [0.3, 0.4) is 0 Å². The Labute approximate surface area is 160 Å². The zero-order valence-electron chi connectivity index (χ0n) is 18.1. The molecular weight excluding hydrogens is 326 g/mol. The first-order chi connectivity index (χ1) is 12.1. The van der Waals surface area contributed by atoms with Crippen LogP contribution < -0.4 is 10.6 Å². The Hall–Kier alpha value is -1.30. The van der Waals surface area contributed by atoms with E-state index in [2.05, 4.69) is 36.3 Å². The highest BCUT2D eigenvalue weighted by Crippen LogP contribution is 2.18. The van der Waals surface area contributed by atoms with Crippen LogP contribution in [0.2, 0.25) is 0 Å². The number of carbonyl (C=O) groups excluding carboxylic acids is 1. The fraction of sp³-hybridized carbons (Fsp3) is 0.900. The normalized spacial score (nSPS) is 19.5. The van der Waals surface area contributed by atoms with E-state index in [1.165, 1.54) is 25.9 Å². The van der Waals surface area contributed by atoms with Crippen molar-refractivity contribution in [1.82, 2.24) is 20.4 Å². The molecule has 0 bridgehead atoms. The van der Waals surface area contributed by atoms with Crippen molar-refractivity contribution in [3.05, 3.63) is 0 Å². The van der Waals surface area contributed by atoms with Crippen molar-refractivity contribution < 1.29 is 4.79 Å². The van der Waals surface area contributed by atoms with E-state index in [4.69, 9.17) is 4.99 Å². The minimum absolute atomic E-state index is 0.0198. The predicted molar refractivity (Wildman–Crippen MR) is 111 cm³/mol. The summed E-state index contributed by atoms with van der Waals surface area (Å²) in [7, 11) is 1.93. The number of nitrogens with one attached hydrogen (secondary N) is 2. The molecule has 1 amide bonds. The molecule has 6 nitrogen and oxygen atoms in total. The SMILES string of the molecule is CCNC(=NCC1CCCN(CC(C)C)C1)N(C)CC(=O)NC(C)(C)C. The van der Waals surface area contributed by atoms with Gasteiger partial charge in [0.15, 0.2) is 5.96 Å². The average molecular weight is 368 g/mol. The standard InChI is InChI=1S/C20H41N5O/c1-8-21-19(24(7)15-18(26)23-20(4,5)6)22-12-17-10-9-11-25(14-17)13-16(2)3/h16-17H,8-15H2,1-7H3,(H,21,22)(H,23,26). The summed E-state index contributed by atoms with van der Waals surface area (Å²) in [5, 5.41) is 6.32. The zero-order chi connectivity index (χ0) is 19.7. The summed E-state index contributed by atoms with van der Waals surface area (Å²) < 4.78 is 0. The Kier molecular flexibility index (Phi) is 9.41. The molecule has 0 aliphatic carbocycles. The van der Waals surface area contributed by atoms with Gasteiger partial charge in [-0.3, -0.25) is 9.79 Å². The highest BCUT2D eigenvalue weighted by atomic mass is 16.2. The van der Waals surface area contributed by atoms with Gasteiger partial charge >= 0.3 is 0 Å². The fourth-order valence-corrected chi connectivity index (χ4v) is 3.42. The summed E-state index contributed by atoms with van der Waals surface area (Å²) in [6, 6.07) is 0. The number of piperidine rings is 1. The minimum atomic E-state index is -0.213. The van der Waals surface area contributed by atoms with Crippen LogP contribution in [0, 0.1) is 11.8 Å². The van der Waals surface area contributed by atoms with Crippen molar-refractivity contribution in [3.63, 3.8) is 0 Å². The molecule has 1 unspecified atom stereocenters. The van der Waals surface area contributed by atoms with Crippen LogP contribution in [0.5, 0.6) is 0 Å². The highest BCUT2D eigenvalue weighted by molar-refractivity contribution is 5.86. The fourth-order valence-electron chi connectivity index (χ4n) is 3.42. The number of amides is 1. The minimum Gasteiger partial charge on any atom is -0.357 e. The molecule has 0 saturated carbocycles. The van der Waals surface area contributed by atoms with Gasteiger partial charge in [0.25, 0.3) is 0 Å². The van der Waals surface area contributed by atoms with Crippen molar-refractivity contribution in [2.45, 2.75) is 59.9 Å². The van der Waals surface area contributed by atoms with Gasteiger partial charge in [-0.25, -0.2) is 0 Å². The van der Waals surface area contributed by atoms with E-state index >= 15 is 0 Å². The number of rotatable bonds is 7. The first kappa shape index (κ1) is 22.7. The molecule has 6 heteroatoms. The quantitative estimate of drug-likeness (QED) is 0.535. The number of likely N-dealkylation sites (tertiary alicyclic amines) is 1. The summed E-state index contributed by atoms with van der Waals surface area (Å²) in [5.41, 5.74) is -0.213. The van der Waals surface area contributed by atoms with Gasteiger partial charge in [-0.1, -0.05) is 13.8 Å². The highest BCUT2D eigenvalue weighted by Gasteiger charge is 2.21. The molecule has 1 aliphatic rings. The van der Waals surface area contributed by atoms with Gasteiger partial charge in [-0.2, -0.15) is 0 Å². The lowest BCUT2D eigenvalue weighted by Crippen LogP contribution is -2.49. The van der Waals surface area contributed by atoms with Gasteiger partial charge in [-0.05, 0) is 58.9 Å². The van der Waals surface area contributed by atoms with Crippen LogP contribution in [0.4, 0.5) is 0 Å². The topological polar surface area (TPSA) is 60.0 Å². The van der Waals surface area contributed by atoms with Crippen LogP contribution in [-0.4, -0.2) is 73.5 Å². The molecule has 0 aromatic carbocycles. The lowest BCUT2D eigenvalue weighted by molar-refractivity contribution is -0.122. The molecule has 0 aromatic rings. The van der Waals surface area contributed by atoms with Crippen molar-refractivity contribution in [1.29, 1.82) is 0 Å². The van der Waals surface area contributed by atoms with E-state index in [0.717, 1.165) is 25.6 Å². The first-order valence-corrected chi connectivity index (χ1v) is 10.1. The maximum Gasteiger partial charge on any atom is 0.240 e. The average Bonchev–Trinajstić information content (AvgIpc) is 2.49. The summed E-state index contributed by atoms with van der Waals surface area (Å²) in [6.07, 6.45) is 2.50. The Morgan fingerprint density at radius 3 is 2.62 bits per heavy atom. The van der Waals surface area contributed by atoms with E-state index in [1.54, 1.807) is 0 Å². The number of guanidine groups is 1. The smallest absolute Gasteiger partial charge is 0.240 e. The van der Waals surface area contributed by atoms with E-state index in [0.29, 0.717) is 18.4 Å². The number of carbonyl (C=O) groups is 1. The molecule has 26 heavy (non-hydrogen) atoms. The number of aliphatic imine (C=N–C) groups is 1. The second kappa shape index (κ2) is 10.8. The lowest BCUT2D eigenvalue weighted by atomic mass is 9.97. The molecule has 0 spiro atoms. The number of hydrogen-bond donors (Lipinski definition) is 2. The van der Waals surface area contributed by atoms with Crippen molar-refractivity contribution in [2.75, 3.05) is 46.3 Å². The van der Waals surface area contributed by atoms with Crippen LogP contribution >= 0.6 is 0 Å². The molecule has 152 valence electrons. The van der Waals surface area contributed by atoms with Gasteiger partial charge in [0.05, 0.1) is 6.54 Å². The Morgan fingerprint density at radius 2 is 2.04 bits per heavy atom. The Bertz CT molecular complexity index is 456. The Balaban J connectivity index is 2.60. The number of hydrogen-bond acceptors (Lipinski definition) is 3. The van der Waals surface area contributed by atoms with Crippen LogP contribution in [0.15, 0.2) is 4.99 Å². The lowest BCUT2D eigenvalue weighted by Gasteiger charge is -2.33. The summed E-state index contributed by atoms with van der Waals surface area (Å²) in [6.45, 7) is 18.1. The molecule has 1 fully saturated rings. The molecule has 1 aliphatic heterocycles. The maximum absolute atomic E-state index is 12.2. The largest absolute Gasteiger partial charge is 0.357 e. The van der Waals surface area contributed by atoms with Crippen LogP contribution in [0.25, 0.3) is 0 Å². The molecule has 0 aromatic heterocycles. The van der Waals surface area contributed by atoms with Crippen LogP contribution in [0.1, 0.15) is 54.4 Å². The van der Waals surface area contributed by atoms with Crippen molar-refractivity contribution >= 4 is 11.9 Å². The number of likely N-dealkylation sites (N-methyl/N-ethyl adjacent to an activating group) is 1. The molecular formula is C20H41N5O. The van der Waals surface area contributed by atoms with Gasteiger partial charge < -0.3 is 20.4 Å². The molecule has 1 saturated heterocycles. The van der Waals surface area contributed by atoms with Crippen molar-refractivity contribution in [3.8, 4) is 0 Å². The monoisotopic (exact) mass is 367 g/mol. The van der Waals surface area contributed by atoms with E-state index in [9.17, 15) is 4.79 Å². The third-order valence-corrected chi connectivity index (χ3v) is 4.32. The maximum atomic E-state index is 12.2. The predicted octanol–water partition coefficient (Wildman–Crippen LogP) is 2.17. The molecule has 0 radical (unpaired) electrons. The molecule has 1 heterocycles. The third-order valence-electron chi connectivity index (χ3n) is 4.32. The van der Waals surface area contributed by atoms with Crippen LogP contribution in [-0.2, 0) is 4.79 Å². The van der Waals surface area contributed by atoms with Gasteiger partial charge in [0.2, 0.25) is 5.91 Å². The zero-order valence-corrected chi connectivity index (χ0v) is 18.1. The molecule has 1 atom stereocenters. The first-order valence-electron chi connectivity index (χ1n) is 10.1. The van der Waals surface area contributed by atoms with Gasteiger partial charge in [0, 0.05) is 38.8 Å². The van der Waals surface area contributed by atoms with E-state index in [1.807, 2.05) is 32.7 Å². The van der Waals surface area contributed by atoms with Crippen molar-refractivity contribution in [2.24, 2.45) is 16.8 Å². The van der Waals surface area contributed by atoms with Gasteiger partial charge in [-0.15, -0.1) is 0 Å². The van der Waals surface area contributed by atoms with E-state index in [-0.39, 0.29) is 11.4 Å². The third kappa shape index (κ3) is 9.41. The second-order valence-corrected chi connectivity index (χ2v) is 9.01.